The van der Waals surface area contributed by atoms with Crippen LogP contribution in [0.25, 0.3) is 6.08 Å². The Hall–Kier alpha value is -2.90. The summed E-state index contributed by atoms with van der Waals surface area (Å²) < 4.78 is 5.77. The highest BCUT2D eigenvalue weighted by Crippen LogP contribution is 2.38. The van der Waals surface area contributed by atoms with Gasteiger partial charge in [-0.2, -0.15) is 0 Å². The van der Waals surface area contributed by atoms with Crippen molar-refractivity contribution in [3.8, 4) is 5.75 Å². The summed E-state index contributed by atoms with van der Waals surface area (Å²) in [6.45, 7) is 3.95. The number of rotatable bonds is 7. The largest absolute Gasteiger partial charge is 0.547 e. The minimum absolute atomic E-state index is 0.166. The van der Waals surface area contributed by atoms with Crippen molar-refractivity contribution < 1.29 is 19.4 Å². The lowest BCUT2D eigenvalue weighted by Crippen LogP contribution is -2.43. The summed E-state index contributed by atoms with van der Waals surface area (Å²) in [6, 6.07) is 14.4. The first-order valence-electron chi connectivity index (χ1n) is 8.38. The first-order chi connectivity index (χ1) is 13.5. The molecule has 0 aliphatic carbocycles. The lowest BCUT2D eigenvalue weighted by atomic mass is 10.1. The number of amides is 1. The van der Waals surface area contributed by atoms with E-state index in [-0.39, 0.29) is 4.32 Å². The number of benzene rings is 2. The number of carboxylic acid groups (broad SMARTS) is 1. The van der Waals surface area contributed by atoms with Crippen LogP contribution < -0.4 is 9.84 Å². The number of hydrogen-bond donors (Lipinski definition) is 0. The molecule has 1 aliphatic rings. The van der Waals surface area contributed by atoms with Crippen molar-refractivity contribution in [3.63, 3.8) is 0 Å². The van der Waals surface area contributed by atoms with E-state index in [2.05, 4.69) is 6.58 Å². The van der Waals surface area contributed by atoms with Gasteiger partial charge in [-0.3, -0.25) is 9.69 Å². The van der Waals surface area contributed by atoms with Crippen molar-refractivity contribution >= 4 is 46.3 Å². The second-order valence-electron chi connectivity index (χ2n) is 5.82. The second kappa shape index (κ2) is 8.86. The van der Waals surface area contributed by atoms with Crippen molar-refractivity contribution in [2.24, 2.45) is 0 Å². The molecule has 5 nitrogen and oxygen atoms in total. The van der Waals surface area contributed by atoms with Gasteiger partial charge < -0.3 is 14.6 Å². The lowest BCUT2D eigenvalue weighted by Gasteiger charge is -2.27. The molecule has 1 aliphatic heterocycles. The quantitative estimate of drug-likeness (QED) is 0.397. The summed E-state index contributed by atoms with van der Waals surface area (Å²) >= 11 is 6.35. The molecular weight excluding hydrogens is 394 g/mol. The van der Waals surface area contributed by atoms with E-state index in [1.54, 1.807) is 54.6 Å². The van der Waals surface area contributed by atoms with Gasteiger partial charge in [0.1, 0.15) is 22.7 Å². The minimum Gasteiger partial charge on any atom is -0.547 e. The second-order valence-corrected chi connectivity index (χ2v) is 7.50. The van der Waals surface area contributed by atoms with E-state index >= 15 is 0 Å². The Kier molecular flexibility index (Phi) is 6.28. The number of aliphatic carboxylic acids is 1. The average molecular weight is 410 g/mol. The molecule has 0 radical (unpaired) electrons. The van der Waals surface area contributed by atoms with Gasteiger partial charge in [-0.25, -0.2) is 0 Å². The number of carboxylic acids is 1. The summed E-state index contributed by atoms with van der Waals surface area (Å²) in [5.74, 6) is -1.28. The van der Waals surface area contributed by atoms with E-state index in [4.69, 9.17) is 17.0 Å². The molecule has 1 saturated heterocycles. The Morgan fingerprint density at radius 3 is 2.57 bits per heavy atom. The zero-order chi connectivity index (χ0) is 20.1. The fourth-order valence-electron chi connectivity index (χ4n) is 2.75. The van der Waals surface area contributed by atoms with Crippen LogP contribution in [0.3, 0.4) is 0 Å². The zero-order valence-corrected chi connectivity index (χ0v) is 16.4. The lowest BCUT2D eigenvalue weighted by molar-refractivity contribution is -0.310. The van der Waals surface area contributed by atoms with E-state index in [9.17, 15) is 14.7 Å². The maximum absolute atomic E-state index is 13.0. The Morgan fingerprint density at radius 2 is 1.89 bits per heavy atom. The zero-order valence-electron chi connectivity index (χ0n) is 14.7. The molecular formula is C21H16NO4S2-. The molecule has 2 aromatic rings. The highest BCUT2D eigenvalue weighted by Gasteiger charge is 2.38. The predicted molar refractivity (Wildman–Crippen MR) is 111 cm³/mol. The number of carbonyl (C=O) groups is 2. The van der Waals surface area contributed by atoms with Gasteiger partial charge in [0.05, 0.1) is 10.9 Å². The molecule has 0 aromatic heterocycles. The number of thiocarbonyl (C=S) groups is 1. The van der Waals surface area contributed by atoms with Crippen LogP contribution >= 0.6 is 24.0 Å². The minimum atomic E-state index is -1.39. The molecule has 2 aromatic carbocycles. The van der Waals surface area contributed by atoms with Gasteiger partial charge in [-0.1, -0.05) is 85.2 Å². The van der Waals surface area contributed by atoms with Crippen LogP contribution in [0.5, 0.6) is 5.75 Å². The van der Waals surface area contributed by atoms with E-state index in [0.717, 1.165) is 16.7 Å². The SMILES string of the molecule is C=CCOc1ccccc1/C=C1\SC(=S)N([C@H](C(=O)[O-])c2ccccc2)C1=O. The number of thioether (sulfide) groups is 1. The van der Waals surface area contributed by atoms with Crippen molar-refractivity contribution in [2.75, 3.05) is 6.61 Å². The number of ether oxygens (including phenoxy) is 1. The molecule has 1 atom stereocenters. The third-order valence-corrected chi connectivity index (χ3v) is 5.31. The molecule has 0 spiro atoms. The van der Waals surface area contributed by atoms with E-state index in [0.29, 0.717) is 28.4 Å². The Bertz CT molecular complexity index is 956. The van der Waals surface area contributed by atoms with Crippen LogP contribution in [0.2, 0.25) is 0 Å². The van der Waals surface area contributed by atoms with Gasteiger partial charge in [0, 0.05) is 5.56 Å². The van der Waals surface area contributed by atoms with Gasteiger partial charge in [0.15, 0.2) is 0 Å². The third kappa shape index (κ3) is 4.16. The molecule has 7 heteroatoms. The Morgan fingerprint density at radius 1 is 1.21 bits per heavy atom. The average Bonchev–Trinajstić information content (AvgIpc) is 2.96. The first kappa shape index (κ1) is 19.9. The summed E-state index contributed by atoms with van der Waals surface area (Å²) in [5.41, 5.74) is 1.12. The third-order valence-electron chi connectivity index (χ3n) is 3.98. The molecule has 0 saturated carbocycles. The molecule has 3 rings (SSSR count). The van der Waals surface area contributed by atoms with Crippen LogP contribution in [0.15, 0.2) is 72.2 Å². The van der Waals surface area contributed by atoms with Gasteiger partial charge in [-0.15, -0.1) is 0 Å². The molecule has 0 unspecified atom stereocenters. The first-order valence-corrected chi connectivity index (χ1v) is 9.61. The van der Waals surface area contributed by atoms with Gasteiger partial charge >= 0.3 is 0 Å². The summed E-state index contributed by atoms with van der Waals surface area (Å²) in [4.78, 5) is 26.2. The van der Waals surface area contributed by atoms with Crippen LogP contribution in [0.4, 0.5) is 0 Å². The molecule has 1 fully saturated rings. The monoisotopic (exact) mass is 410 g/mol. The van der Waals surface area contributed by atoms with Crippen molar-refractivity contribution in [2.45, 2.75) is 6.04 Å². The van der Waals surface area contributed by atoms with Crippen molar-refractivity contribution in [1.29, 1.82) is 0 Å². The Balaban J connectivity index is 1.95. The number of para-hydroxylation sites is 1. The normalized spacial score (nSPS) is 16.3. The van der Waals surface area contributed by atoms with Crippen LogP contribution in [0.1, 0.15) is 17.2 Å². The summed E-state index contributed by atoms with van der Waals surface area (Å²) in [7, 11) is 0. The van der Waals surface area contributed by atoms with E-state index in [1.807, 2.05) is 12.1 Å². The molecule has 0 N–H and O–H groups in total. The molecule has 28 heavy (non-hydrogen) atoms. The van der Waals surface area contributed by atoms with Gasteiger partial charge in [0.25, 0.3) is 5.91 Å². The molecule has 1 heterocycles. The molecule has 0 bridgehead atoms. The number of hydrogen-bond acceptors (Lipinski definition) is 6. The summed E-state index contributed by atoms with van der Waals surface area (Å²) in [5, 5.41) is 11.8. The number of nitrogens with zero attached hydrogens (tertiary/aromatic N) is 1. The fourth-order valence-corrected chi connectivity index (χ4v) is 4.05. The van der Waals surface area contributed by atoms with Gasteiger partial charge in [-0.05, 0) is 17.7 Å². The molecule has 142 valence electrons. The van der Waals surface area contributed by atoms with Crippen molar-refractivity contribution in [1.82, 2.24) is 4.90 Å². The smallest absolute Gasteiger partial charge is 0.267 e. The highest BCUT2D eigenvalue weighted by molar-refractivity contribution is 8.26. The standard InChI is InChI=1S/C21H17NO4S2/c1-2-12-26-16-11-7-6-10-15(16)13-17-19(23)22(21(27)28-17)18(20(24)25)14-8-4-3-5-9-14/h2-11,13,18H,1,12H2,(H,24,25)/p-1/b17-13-/t18-/m0/s1. The Labute approximate surface area is 172 Å². The van der Waals surface area contributed by atoms with Crippen molar-refractivity contribution in [3.05, 3.63) is 83.3 Å². The maximum atomic E-state index is 13.0. The fraction of sp³-hybridized carbons (Fsp3) is 0.0952. The highest BCUT2D eigenvalue weighted by atomic mass is 32.2. The van der Waals surface area contributed by atoms with Crippen LogP contribution in [-0.2, 0) is 9.59 Å². The topological polar surface area (TPSA) is 69.7 Å². The summed E-state index contributed by atoms with van der Waals surface area (Å²) in [6.07, 6.45) is 3.27. The van der Waals surface area contributed by atoms with E-state index in [1.165, 1.54) is 0 Å². The number of carbonyl (C=O) groups excluding carboxylic acids is 2. The molecule has 1 amide bonds. The predicted octanol–water partition coefficient (Wildman–Crippen LogP) is 2.94. The van der Waals surface area contributed by atoms with Gasteiger partial charge in [0.2, 0.25) is 0 Å². The maximum Gasteiger partial charge on any atom is 0.267 e. The van der Waals surface area contributed by atoms with Crippen LogP contribution in [-0.4, -0.2) is 27.7 Å². The van der Waals surface area contributed by atoms with Crippen LogP contribution in [0, 0.1) is 0 Å². The van der Waals surface area contributed by atoms with E-state index < -0.39 is 17.9 Å².